The first-order valence-corrected chi connectivity index (χ1v) is 15.9. The normalized spacial score (nSPS) is 26.2. The molecule has 1 N–H and O–H groups in total. The Morgan fingerprint density at radius 3 is 2.65 bits per heavy atom. The maximum absolute atomic E-state index is 15.8. The molecule has 10 heteroatoms. The van der Waals surface area contributed by atoms with Crippen LogP contribution >= 0.6 is 11.6 Å². The molecular formula is C27H32ClFN4O3Si. The summed E-state index contributed by atoms with van der Waals surface area (Å²) in [6.45, 7) is 5.66. The second kappa shape index (κ2) is 9.61. The number of aliphatic hydroxyl groups is 1. The van der Waals surface area contributed by atoms with Crippen molar-refractivity contribution in [3.05, 3.63) is 76.6 Å². The number of nitrogens with zero attached hydrogens (tertiary/aromatic N) is 4. The molecule has 1 amide bonds. The lowest BCUT2D eigenvalue weighted by Crippen LogP contribution is -2.44. The molecule has 2 aliphatic rings. The number of anilines is 1. The van der Waals surface area contributed by atoms with E-state index < -0.39 is 25.7 Å². The number of likely N-dealkylation sites (N-methyl/N-ethyl adjacent to an activating group) is 1. The van der Waals surface area contributed by atoms with Crippen molar-refractivity contribution >= 4 is 31.6 Å². The molecular weight excluding hydrogens is 511 g/mol. The minimum absolute atomic E-state index is 0.0875. The van der Waals surface area contributed by atoms with Crippen LogP contribution in [0, 0.1) is 5.92 Å². The molecule has 2 aliphatic heterocycles. The van der Waals surface area contributed by atoms with Crippen molar-refractivity contribution in [3.8, 4) is 0 Å². The summed E-state index contributed by atoms with van der Waals surface area (Å²) in [5.74, 6) is -0.819. The van der Waals surface area contributed by atoms with Gasteiger partial charge in [-0.05, 0) is 43.3 Å². The smallest absolute Gasteiger partial charge is 0.264 e. The molecule has 5 atom stereocenters. The Bertz CT molecular complexity index is 1300. The summed E-state index contributed by atoms with van der Waals surface area (Å²) in [4.78, 5) is 15.2. The molecule has 1 unspecified atom stereocenters. The van der Waals surface area contributed by atoms with Gasteiger partial charge in [0.1, 0.15) is 0 Å². The number of benzene rings is 2. The second-order valence-electron chi connectivity index (χ2n) is 10.6. The summed E-state index contributed by atoms with van der Waals surface area (Å²) < 4.78 is 24.2. The van der Waals surface area contributed by atoms with Gasteiger partial charge in [0.2, 0.25) is 8.41 Å². The zero-order valence-corrected chi connectivity index (χ0v) is 23.2. The van der Waals surface area contributed by atoms with Gasteiger partial charge in [0.25, 0.3) is 5.91 Å². The first kappa shape index (κ1) is 26.0. The number of carbonyl (C=O) groups excluding carboxylic acids is 1. The number of aliphatic hydroxyl groups excluding tert-OH is 1. The van der Waals surface area contributed by atoms with Crippen molar-refractivity contribution in [1.82, 2.24) is 15.0 Å². The summed E-state index contributed by atoms with van der Waals surface area (Å²) in [5.41, 5.74) is 1.42. The molecule has 0 aliphatic carbocycles. The van der Waals surface area contributed by atoms with Crippen molar-refractivity contribution in [1.29, 1.82) is 0 Å². The SMILES string of the molecule is C[C@H]1[C@H]([Si](C)(C)F)[C@@H](CCn2cc(C(CO)c3ccccc3)nn2)O[C@]12C(=O)N(C)c1ccc(Cl)cc12. The number of rotatable bonds is 7. The zero-order chi connectivity index (χ0) is 26.5. The number of carbonyl (C=O) groups is 1. The average Bonchev–Trinajstić information content (AvgIpc) is 3.50. The maximum Gasteiger partial charge on any atom is 0.264 e. The van der Waals surface area contributed by atoms with E-state index in [4.69, 9.17) is 16.3 Å². The van der Waals surface area contributed by atoms with Crippen LogP contribution in [-0.4, -0.2) is 54.2 Å². The highest BCUT2D eigenvalue weighted by Crippen LogP contribution is 2.60. The van der Waals surface area contributed by atoms with Gasteiger partial charge in [0.15, 0.2) is 5.60 Å². The van der Waals surface area contributed by atoms with Crippen molar-refractivity contribution in [2.75, 3.05) is 18.6 Å². The highest BCUT2D eigenvalue weighted by atomic mass is 35.5. The largest absolute Gasteiger partial charge is 0.395 e. The van der Waals surface area contributed by atoms with Gasteiger partial charge in [0.05, 0.1) is 30.0 Å². The first-order chi connectivity index (χ1) is 17.6. The van der Waals surface area contributed by atoms with Gasteiger partial charge in [-0.1, -0.05) is 54.1 Å². The van der Waals surface area contributed by atoms with E-state index in [0.29, 0.717) is 29.2 Å². The van der Waals surface area contributed by atoms with Crippen LogP contribution < -0.4 is 4.90 Å². The number of fused-ring (bicyclic) bond motifs is 2. The summed E-state index contributed by atoms with van der Waals surface area (Å²) >= 11 is 6.33. The summed E-state index contributed by atoms with van der Waals surface area (Å²) in [6.07, 6.45) is 1.82. The number of amides is 1. The molecule has 3 aromatic rings. The predicted octanol–water partition coefficient (Wildman–Crippen LogP) is 4.90. The minimum atomic E-state index is -3.24. The van der Waals surface area contributed by atoms with Gasteiger partial charge in [0, 0.05) is 41.8 Å². The number of halogens is 2. The maximum atomic E-state index is 15.8. The molecule has 3 heterocycles. The molecule has 5 rings (SSSR count). The Hall–Kier alpha value is -2.59. The lowest BCUT2D eigenvalue weighted by molar-refractivity contribution is -0.145. The van der Waals surface area contributed by atoms with E-state index in [9.17, 15) is 9.90 Å². The van der Waals surface area contributed by atoms with Gasteiger partial charge < -0.3 is 18.9 Å². The molecule has 196 valence electrons. The van der Waals surface area contributed by atoms with E-state index in [1.807, 2.05) is 49.5 Å². The first-order valence-electron chi connectivity index (χ1n) is 12.6. The summed E-state index contributed by atoms with van der Waals surface area (Å²) in [6, 6.07) is 15.0. The van der Waals surface area contributed by atoms with Crippen molar-refractivity contribution < 1.29 is 18.7 Å². The van der Waals surface area contributed by atoms with Crippen LogP contribution in [0.2, 0.25) is 23.7 Å². The Kier molecular flexibility index (Phi) is 6.76. The van der Waals surface area contributed by atoms with E-state index in [0.717, 1.165) is 11.3 Å². The lowest BCUT2D eigenvalue weighted by atomic mass is 9.82. The number of aryl methyl sites for hydroxylation is 1. The Balaban J connectivity index is 1.42. The van der Waals surface area contributed by atoms with E-state index in [1.165, 1.54) is 0 Å². The molecule has 1 spiro atoms. The van der Waals surface area contributed by atoms with Crippen LogP contribution in [0.15, 0.2) is 54.7 Å². The van der Waals surface area contributed by atoms with Gasteiger partial charge >= 0.3 is 0 Å². The third-order valence-electron chi connectivity index (χ3n) is 7.99. The van der Waals surface area contributed by atoms with Gasteiger partial charge in [-0.2, -0.15) is 0 Å². The number of hydrogen-bond donors (Lipinski definition) is 1. The van der Waals surface area contributed by atoms with Crippen molar-refractivity contribution in [2.24, 2.45) is 5.92 Å². The van der Waals surface area contributed by atoms with E-state index in [-0.39, 0.29) is 24.3 Å². The highest BCUT2D eigenvalue weighted by Gasteiger charge is 2.66. The average molecular weight is 543 g/mol. The topological polar surface area (TPSA) is 80.5 Å². The highest BCUT2D eigenvalue weighted by molar-refractivity contribution is 6.72. The summed E-state index contributed by atoms with van der Waals surface area (Å²) in [5, 5.41) is 19.1. The van der Waals surface area contributed by atoms with Crippen LogP contribution in [0.1, 0.15) is 36.1 Å². The molecule has 1 fully saturated rings. The standard InChI is InChI=1S/C27H32ClFN4O3Si/c1-17-25(37(3,4)29)24(36-27(17)21-14-19(28)10-11-23(21)32(2)26(27)35)12-13-33-15-22(30-31-33)20(16-34)18-8-6-5-7-9-18/h5-11,14-15,17,20,24-25,34H,12-13,16H2,1-4H3/t17-,20?,24+,25-,27+/m0/s1. The number of aromatic nitrogens is 3. The third-order valence-corrected chi connectivity index (χ3v) is 10.7. The second-order valence-corrected chi connectivity index (χ2v) is 14.9. The predicted molar refractivity (Wildman–Crippen MR) is 143 cm³/mol. The molecule has 37 heavy (non-hydrogen) atoms. The quantitative estimate of drug-likeness (QED) is 0.339. The fraction of sp³-hybridized carbons (Fsp3) is 0.444. The molecule has 7 nitrogen and oxygen atoms in total. The molecule has 0 bridgehead atoms. The molecule has 1 saturated heterocycles. The Morgan fingerprint density at radius 1 is 1.24 bits per heavy atom. The zero-order valence-electron chi connectivity index (χ0n) is 21.4. The van der Waals surface area contributed by atoms with Gasteiger partial charge in [-0.3, -0.25) is 9.48 Å². The van der Waals surface area contributed by atoms with E-state index in [2.05, 4.69) is 10.3 Å². The van der Waals surface area contributed by atoms with Crippen molar-refractivity contribution in [2.45, 2.75) is 56.1 Å². The number of ether oxygens (including phenoxy) is 1. The molecule has 2 aromatic carbocycles. The monoisotopic (exact) mass is 542 g/mol. The fourth-order valence-corrected chi connectivity index (χ4v) is 9.01. The molecule has 1 aromatic heterocycles. The van der Waals surface area contributed by atoms with Crippen LogP contribution in [0.3, 0.4) is 0 Å². The van der Waals surface area contributed by atoms with Gasteiger partial charge in [-0.25, -0.2) is 0 Å². The van der Waals surface area contributed by atoms with E-state index >= 15 is 4.11 Å². The van der Waals surface area contributed by atoms with Crippen molar-refractivity contribution in [3.63, 3.8) is 0 Å². The fourth-order valence-electron chi connectivity index (χ4n) is 6.29. The van der Waals surface area contributed by atoms with Crippen LogP contribution in [0.25, 0.3) is 0 Å². The molecule has 0 saturated carbocycles. The Labute approximate surface area is 222 Å². The molecule has 0 radical (unpaired) electrons. The van der Waals surface area contributed by atoms with Crippen LogP contribution in [-0.2, 0) is 21.7 Å². The van der Waals surface area contributed by atoms with Crippen LogP contribution in [0.4, 0.5) is 9.80 Å². The summed E-state index contributed by atoms with van der Waals surface area (Å²) in [7, 11) is -1.51. The van der Waals surface area contributed by atoms with E-state index in [1.54, 1.807) is 41.9 Å². The number of hydrogen-bond acceptors (Lipinski definition) is 5. The lowest BCUT2D eigenvalue weighted by Gasteiger charge is -2.31. The van der Waals surface area contributed by atoms with Crippen LogP contribution in [0.5, 0.6) is 0 Å². The Morgan fingerprint density at radius 2 is 1.97 bits per heavy atom. The minimum Gasteiger partial charge on any atom is -0.395 e. The third kappa shape index (κ3) is 4.31. The van der Waals surface area contributed by atoms with Gasteiger partial charge in [-0.15, -0.1) is 5.10 Å².